The Kier molecular flexibility index (Phi) is 5.99. The lowest BCUT2D eigenvalue weighted by Gasteiger charge is -2.06. The van der Waals surface area contributed by atoms with Gasteiger partial charge in [0.05, 0.1) is 0 Å². The zero-order valence-electron chi connectivity index (χ0n) is 12.7. The van der Waals surface area contributed by atoms with E-state index in [1.807, 2.05) is 19.1 Å². The van der Waals surface area contributed by atoms with Gasteiger partial charge in [0.2, 0.25) is 5.91 Å². The minimum Gasteiger partial charge on any atom is -0.355 e. The van der Waals surface area contributed by atoms with Crippen LogP contribution in [0.1, 0.15) is 12.5 Å². The lowest BCUT2D eigenvalue weighted by Crippen LogP contribution is -2.29. The Bertz CT molecular complexity index is 669. The highest BCUT2D eigenvalue weighted by atomic mass is 35.5. The maximum Gasteiger partial charge on any atom is 0.320 e. The molecule has 7 nitrogen and oxygen atoms in total. The van der Waals surface area contributed by atoms with Crippen LogP contribution in [0.3, 0.4) is 0 Å². The molecular formula is C15H18ClN5O2. The quantitative estimate of drug-likeness (QED) is 0.754. The summed E-state index contributed by atoms with van der Waals surface area (Å²) < 4.78 is 1.46. The van der Waals surface area contributed by atoms with Gasteiger partial charge in [0.25, 0.3) is 0 Å². The molecule has 0 radical (unpaired) electrons. The summed E-state index contributed by atoms with van der Waals surface area (Å²) in [5.41, 5.74) is 0.936. The number of carbonyl (C=O) groups excluding carboxylic acids is 2. The van der Waals surface area contributed by atoms with E-state index in [4.69, 9.17) is 11.6 Å². The molecule has 0 aliphatic heterocycles. The molecular weight excluding hydrogens is 318 g/mol. The zero-order valence-corrected chi connectivity index (χ0v) is 13.4. The van der Waals surface area contributed by atoms with Gasteiger partial charge in [-0.3, -0.25) is 14.8 Å². The van der Waals surface area contributed by atoms with E-state index >= 15 is 0 Å². The molecule has 0 bridgehead atoms. The van der Waals surface area contributed by atoms with Crippen LogP contribution >= 0.6 is 11.6 Å². The van der Waals surface area contributed by atoms with E-state index in [0.29, 0.717) is 23.9 Å². The molecule has 0 saturated heterocycles. The first-order valence-corrected chi connectivity index (χ1v) is 7.54. The lowest BCUT2D eigenvalue weighted by molar-refractivity contribution is -0.121. The highest BCUT2D eigenvalue weighted by molar-refractivity contribution is 6.30. The molecule has 3 N–H and O–H groups in total. The van der Waals surface area contributed by atoms with E-state index in [-0.39, 0.29) is 18.5 Å². The number of nitrogens with one attached hydrogen (secondary N) is 3. The van der Waals surface area contributed by atoms with E-state index in [1.165, 1.54) is 4.68 Å². The van der Waals surface area contributed by atoms with Gasteiger partial charge < -0.3 is 10.6 Å². The molecule has 1 heterocycles. The van der Waals surface area contributed by atoms with E-state index in [2.05, 4.69) is 21.0 Å². The van der Waals surface area contributed by atoms with Crippen molar-refractivity contribution in [3.63, 3.8) is 0 Å². The van der Waals surface area contributed by atoms with Crippen LogP contribution in [-0.2, 0) is 17.9 Å². The molecule has 1 aromatic carbocycles. The van der Waals surface area contributed by atoms with Gasteiger partial charge in [-0.1, -0.05) is 23.7 Å². The number of likely N-dealkylation sites (N-methyl/N-ethyl adjacent to an activating group) is 1. The minimum absolute atomic E-state index is 0.113. The molecule has 0 atom stereocenters. The topological polar surface area (TPSA) is 88.0 Å². The van der Waals surface area contributed by atoms with Crippen molar-refractivity contribution < 1.29 is 9.59 Å². The number of anilines is 1. The van der Waals surface area contributed by atoms with Crippen molar-refractivity contribution in [2.45, 2.75) is 20.0 Å². The monoisotopic (exact) mass is 335 g/mol. The van der Waals surface area contributed by atoms with Crippen LogP contribution in [0.25, 0.3) is 0 Å². The van der Waals surface area contributed by atoms with Crippen molar-refractivity contribution in [3.8, 4) is 0 Å². The zero-order chi connectivity index (χ0) is 16.7. The third-order valence-electron chi connectivity index (χ3n) is 2.93. The Morgan fingerprint density at radius 1 is 1.17 bits per heavy atom. The van der Waals surface area contributed by atoms with Crippen LogP contribution < -0.4 is 16.0 Å². The summed E-state index contributed by atoms with van der Waals surface area (Å²) >= 11 is 5.80. The summed E-state index contributed by atoms with van der Waals surface area (Å²) in [5.74, 6) is 0.247. The minimum atomic E-state index is -0.372. The van der Waals surface area contributed by atoms with Crippen LogP contribution in [0, 0.1) is 0 Å². The van der Waals surface area contributed by atoms with Gasteiger partial charge >= 0.3 is 6.03 Å². The second-order valence-electron chi connectivity index (χ2n) is 4.79. The highest BCUT2D eigenvalue weighted by Gasteiger charge is 2.07. The molecule has 0 spiro atoms. The largest absolute Gasteiger partial charge is 0.355 e. The maximum absolute atomic E-state index is 11.8. The molecule has 23 heavy (non-hydrogen) atoms. The van der Waals surface area contributed by atoms with Gasteiger partial charge in [-0.05, 0) is 24.6 Å². The maximum atomic E-state index is 11.8. The van der Waals surface area contributed by atoms with Crippen molar-refractivity contribution in [1.29, 1.82) is 0 Å². The predicted molar refractivity (Wildman–Crippen MR) is 88.2 cm³/mol. The van der Waals surface area contributed by atoms with Crippen LogP contribution in [0.2, 0.25) is 5.02 Å². The molecule has 3 amide bonds. The first kappa shape index (κ1) is 16.8. The summed E-state index contributed by atoms with van der Waals surface area (Å²) in [4.78, 5) is 23.3. The molecule has 2 aromatic rings. The Balaban J connectivity index is 1.80. The summed E-state index contributed by atoms with van der Waals surface area (Å²) in [6.45, 7) is 2.90. The van der Waals surface area contributed by atoms with Crippen molar-refractivity contribution in [2.24, 2.45) is 0 Å². The fraction of sp³-hybridized carbons (Fsp3) is 0.267. The van der Waals surface area contributed by atoms with Crippen molar-refractivity contribution in [3.05, 3.63) is 47.1 Å². The fourth-order valence-corrected chi connectivity index (χ4v) is 1.99. The van der Waals surface area contributed by atoms with Gasteiger partial charge in [0.15, 0.2) is 5.82 Å². The van der Waals surface area contributed by atoms with Crippen LogP contribution in [0.15, 0.2) is 36.5 Å². The number of urea groups is 1. The predicted octanol–water partition coefficient (Wildman–Crippen LogP) is 1.99. The van der Waals surface area contributed by atoms with Crippen molar-refractivity contribution in [2.75, 3.05) is 11.9 Å². The molecule has 0 aliphatic carbocycles. The number of amides is 3. The lowest BCUT2D eigenvalue weighted by atomic mass is 10.2. The Morgan fingerprint density at radius 3 is 2.61 bits per heavy atom. The number of halogens is 1. The average Bonchev–Trinajstić information content (AvgIpc) is 2.94. The first-order chi connectivity index (χ1) is 11.1. The normalized spacial score (nSPS) is 10.2. The number of aromatic nitrogens is 2. The van der Waals surface area contributed by atoms with Crippen molar-refractivity contribution in [1.82, 2.24) is 20.4 Å². The van der Waals surface area contributed by atoms with Crippen LogP contribution in [0.5, 0.6) is 0 Å². The van der Waals surface area contributed by atoms with E-state index in [9.17, 15) is 9.59 Å². The average molecular weight is 336 g/mol. The van der Waals surface area contributed by atoms with Crippen LogP contribution in [0.4, 0.5) is 10.6 Å². The van der Waals surface area contributed by atoms with E-state index in [0.717, 1.165) is 5.56 Å². The van der Waals surface area contributed by atoms with Gasteiger partial charge in [0.1, 0.15) is 6.54 Å². The Morgan fingerprint density at radius 2 is 1.91 bits per heavy atom. The number of hydrogen-bond donors (Lipinski definition) is 3. The second kappa shape index (κ2) is 8.19. The number of hydrogen-bond acceptors (Lipinski definition) is 3. The standard InChI is InChI=1S/C15H18ClN5O2/c1-2-17-14(22)10-21-8-7-13(20-21)19-15(23)18-9-11-3-5-12(16)6-4-11/h3-8H,2,9-10H2,1H3,(H,17,22)(H2,18,19,20,23). The molecule has 1 aromatic heterocycles. The molecule has 8 heteroatoms. The highest BCUT2D eigenvalue weighted by Crippen LogP contribution is 2.09. The summed E-state index contributed by atoms with van der Waals surface area (Å²) in [7, 11) is 0. The number of carbonyl (C=O) groups is 2. The number of nitrogens with zero attached hydrogens (tertiary/aromatic N) is 2. The molecule has 122 valence electrons. The van der Waals surface area contributed by atoms with Gasteiger partial charge in [-0.2, -0.15) is 5.10 Å². The SMILES string of the molecule is CCNC(=O)Cn1ccc(NC(=O)NCc2ccc(Cl)cc2)n1. The Hall–Kier alpha value is -2.54. The number of benzene rings is 1. The third kappa shape index (κ3) is 5.63. The number of rotatable bonds is 6. The summed E-state index contributed by atoms with van der Waals surface area (Å²) in [5, 5.41) is 12.8. The molecule has 0 unspecified atom stereocenters. The van der Waals surface area contributed by atoms with E-state index in [1.54, 1.807) is 24.4 Å². The Labute approximate surface area is 139 Å². The summed E-state index contributed by atoms with van der Waals surface area (Å²) in [6.07, 6.45) is 1.63. The van der Waals surface area contributed by atoms with Crippen LogP contribution in [-0.4, -0.2) is 28.3 Å². The van der Waals surface area contributed by atoms with Gasteiger partial charge in [0, 0.05) is 30.4 Å². The van der Waals surface area contributed by atoms with Gasteiger partial charge in [-0.25, -0.2) is 4.79 Å². The summed E-state index contributed by atoms with van der Waals surface area (Å²) in [6, 6.07) is 8.45. The van der Waals surface area contributed by atoms with Gasteiger partial charge in [-0.15, -0.1) is 0 Å². The molecule has 0 aliphatic rings. The molecule has 0 saturated carbocycles. The fourth-order valence-electron chi connectivity index (χ4n) is 1.86. The smallest absolute Gasteiger partial charge is 0.320 e. The second-order valence-corrected chi connectivity index (χ2v) is 5.22. The van der Waals surface area contributed by atoms with Crippen molar-refractivity contribution >= 4 is 29.4 Å². The van der Waals surface area contributed by atoms with E-state index < -0.39 is 0 Å². The molecule has 2 rings (SSSR count). The third-order valence-corrected chi connectivity index (χ3v) is 3.18. The first-order valence-electron chi connectivity index (χ1n) is 7.16. The molecule has 0 fully saturated rings.